The molecule has 1 aliphatic rings. The maximum Gasteiger partial charge on any atom is 0.405 e. The summed E-state index contributed by atoms with van der Waals surface area (Å²) in [5.41, 5.74) is 8.86. The van der Waals surface area contributed by atoms with Crippen LogP contribution in [0.2, 0.25) is 0 Å². The molecule has 0 saturated heterocycles. The fraction of sp³-hybridized carbons (Fsp3) is 0.136. The van der Waals surface area contributed by atoms with Crippen LogP contribution in [0.1, 0.15) is 33.2 Å². The molecule has 12 heteroatoms. The molecular weight excluding hydrogens is 448 g/mol. The number of carbonyl (C=O) groups is 2. The van der Waals surface area contributed by atoms with Crippen LogP contribution in [0.5, 0.6) is 0 Å². The molecule has 0 radical (unpaired) electrons. The van der Waals surface area contributed by atoms with Gasteiger partial charge in [-0.3, -0.25) is 4.79 Å². The fourth-order valence-electron chi connectivity index (χ4n) is 4.13. The second kappa shape index (κ2) is 8.06. The number of anilines is 1. The lowest BCUT2D eigenvalue weighted by Gasteiger charge is -2.21. The van der Waals surface area contributed by atoms with E-state index in [0.717, 1.165) is 23.8 Å². The number of nitrogens with two attached hydrogens (primary N) is 1. The van der Waals surface area contributed by atoms with E-state index in [1.54, 1.807) is 18.2 Å². The van der Waals surface area contributed by atoms with Gasteiger partial charge < -0.3 is 21.5 Å². The normalized spacial score (nSPS) is 13.5. The van der Waals surface area contributed by atoms with Gasteiger partial charge in [-0.15, -0.1) is 0 Å². The molecule has 34 heavy (non-hydrogen) atoms. The van der Waals surface area contributed by atoms with Gasteiger partial charge in [0.25, 0.3) is 11.7 Å². The second-order valence-corrected chi connectivity index (χ2v) is 7.77. The van der Waals surface area contributed by atoms with Gasteiger partial charge in [0.15, 0.2) is 0 Å². The molecule has 5 rings (SSSR count). The summed E-state index contributed by atoms with van der Waals surface area (Å²) < 4.78 is 28.9. The largest absolute Gasteiger partial charge is 0.465 e. The Morgan fingerprint density at radius 3 is 2.74 bits per heavy atom. The van der Waals surface area contributed by atoms with Crippen molar-refractivity contribution in [3.63, 3.8) is 0 Å². The van der Waals surface area contributed by atoms with Crippen molar-refractivity contribution >= 4 is 23.6 Å². The fourth-order valence-corrected chi connectivity index (χ4v) is 4.13. The van der Waals surface area contributed by atoms with Crippen LogP contribution in [-0.2, 0) is 13.0 Å². The highest BCUT2D eigenvalue weighted by molar-refractivity contribution is 6.00. The first-order valence-electron chi connectivity index (χ1n) is 10.1. The third-order valence-corrected chi connectivity index (χ3v) is 5.56. The van der Waals surface area contributed by atoms with Gasteiger partial charge in [-0.05, 0) is 41.3 Å². The molecular formula is C22H17F2N7O3. The first-order chi connectivity index (χ1) is 16.3. The molecule has 2 aromatic carbocycles. The Labute approximate surface area is 190 Å². The van der Waals surface area contributed by atoms with Gasteiger partial charge in [0.2, 0.25) is 0 Å². The van der Waals surface area contributed by atoms with E-state index in [-0.39, 0.29) is 35.2 Å². The molecule has 10 nitrogen and oxygen atoms in total. The van der Waals surface area contributed by atoms with Crippen molar-refractivity contribution in [3.8, 4) is 11.1 Å². The predicted octanol–water partition coefficient (Wildman–Crippen LogP) is 2.45. The first kappa shape index (κ1) is 21.2. The Morgan fingerprint density at radius 2 is 2.00 bits per heavy atom. The van der Waals surface area contributed by atoms with Gasteiger partial charge in [-0.1, -0.05) is 12.1 Å². The number of hydrogen-bond acceptors (Lipinski definition) is 6. The van der Waals surface area contributed by atoms with E-state index in [4.69, 9.17) is 5.73 Å². The van der Waals surface area contributed by atoms with Crippen molar-refractivity contribution in [1.29, 1.82) is 0 Å². The third-order valence-electron chi connectivity index (χ3n) is 5.56. The molecule has 0 fully saturated rings. The van der Waals surface area contributed by atoms with Crippen LogP contribution < -0.4 is 16.4 Å². The highest BCUT2D eigenvalue weighted by Crippen LogP contribution is 2.35. The van der Waals surface area contributed by atoms with E-state index < -0.39 is 23.8 Å². The zero-order valence-electron chi connectivity index (χ0n) is 17.4. The summed E-state index contributed by atoms with van der Waals surface area (Å²) in [6.45, 7) is 0.394. The number of aromatic nitrogens is 4. The monoisotopic (exact) mass is 465 g/mol. The predicted molar refractivity (Wildman–Crippen MR) is 116 cm³/mol. The Bertz CT molecular complexity index is 1450. The van der Waals surface area contributed by atoms with E-state index in [1.807, 2.05) is 0 Å². The van der Waals surface area contributed by atoms with Crippen LogP contribution in [0.4, 0.5) is 19.4 Å². The summed E-state index contributed by atoms with van der Waals surface area (Å²) in [6.07, 6.45) is -0.261. The lowest BCUT2D eigenvalue weighted by molar-refractivity contribution is 0.0965. The van der Waals surface area contributed by atoms with Crippen LogP contribution in [0, 0.1) is 11.6 Å². The number of nitrogen functional groups attached to an aromatic ring is 1. The number of fused-ring (bicyclic) bond motifs is 2. The summed E-state index contributed by atoms with van der Waals surface area (Å²) in [5, 5.41) is 18.6. The minimum atomic E-state index is -1.37. The van der Waals surface area contributed by atoms with Gasteiger partial charge in [-0.2, -0.15) is 14.6 Å². The molecule has 0 saturated carbocycles. The number of hydrogen-bond donors (Lipinski definition) is 4. The zero-order chi connectivity index (χ0) is 24.0. The standard InChI is InChI=1S/C22H17F2N7O3/c23-13-3-10(4-14(24)7-13)5-16(29-22(33)34)18-17(19(25)31-21(30-18)27-9-28-31)11-1-2-12-8-26-20(32)15(12)6-11/h1-4,6-7,9,16,29H,5,8,25H2,(H,26,32)(H,33,34). The average Bonchev–Trinajstić information content (AvgIpc) is 3.39. The van der Waals surface area contributed by atoms with Crippen LogP contribution in [0.3, 0.4) is 0 Å². The number of halogens is 2. The summed E-state index contributed by atoms with van der Waals surface area (Å²) in [5.74, 6) is -1.62. The number of amides is 2. The van der Waals surface area contributed by atoms with Crippen molar-refractivity contribution < 1.29 is 23.5 Å². The molecule has 4 aromatic rings. The van der Waals surface area contributed by atoms with Crippen LogP contribution in [-0.4, -0.2) is 36.7 Å². The number of nitrogens with zero attached hydrogens (tertiary/aromatic N) is 4. The Hall–Kier alpha value is -4.61. The molecule has 0 bridgehead atoms. The van der Waals surface area contributed by atoms with E-state index in [2.05, 4.69) is 25.7 Å². The molecule has 2 aromatic heterocycles. The van der Waals surface area contributed by atoms with E-state index in [9.17, 15) is 23.5 Å². The van der Waals surface area contributed by atoms with Crippen molar-refractivity contribution in [2.24, 2.45) is 0 Å². The lowest BCUT2D eigenvalue weighted by Crippen LogP contribution is -2.30. The average molecular weight is 465 g/mol. The van der Waals surface area contributed by atoms with Gasteiger partial charge in [0, 0.05) is 23.7 Å². The van der Waals surface area contributed by atoms with Gasteiger partial charge in [-0.25, -0.2) is 18.6 Å². The minimum Gasteiger partial charge on any atom is -0.465 e. The van der Waals surface area contributed by atoms with Crippen molar-refractivity contribution in [3.05, 3.63) is 76.7 Å². The maximum absolute atomic E-state index is 13.8. The molecule has 1 aliphatic heterocycles. The molecule has 3 heterocycles. The highest BCUT2D eigenvalue weighted by atomic mass is 19.1. The van der Waals surface area contributed by atoms with Crippen molar-refractivity contribution in [2.45, 2.75) is 19.0 Å². The molecule has 172 valence electrons. The highest BCUT2D eigenvalue weighted by Gasteiger charge is 2.27. The molecule has 5 N–H and O–H groups in total. The van der Waals surface area contributed by atoms with Crippen LogP contribution in [0.25, 0.3) is 16.9 Å². The summed E-state index contributed by atoms with van der Waals surface area (Å²) in [6, 6.07) is 7.02. The lowest BCUT2D eigenvalue weighted by atomic mass is 9.94. The number of rotatable bonds is 5. The Balaban J connectivity index is 1.71. The van der Waals surface area contributed by atoms with Crippen molar-refractivity contribution in [2.75, 3.05) is 5.73 Å². The smallest absolute Gasteiger partial charge is 0.405 e. The number of nitrogens with one attached hydrogen (secondary N) is 2. The summed E-state index contributed by atoms with van der Waals surface area (Å²) in [7, 11) is 0. The maximum atomic E-state index is 13.8. The van der Waals surface area contributed by atoms with Crippen LogP contribution in [0.15, 0.2) is 42.7 Å². The number of carbonyl (C=O) groups excluding carboxylic acids is 1. The van der Waals surface area contributed by atoms with E-state index in [1.165, 1.54) is 10.8 Å². The second-order valence-electron chi connectivity index (χ2n) is 7.77. The topological polar surface area (TPSA) is 148 Å². The number of carboxylic acid groups (broad SMARTS) is 1. The van der Waals surface area contributed by atoms with Crippen molar-refractivity contribution in [1.82, 2.24) is 30.2 Å². The summed E-state index contributed by atoms with van der Waals surface area (Å²) in [4.78, 5) is 32.4. The Kier molecular flexibility index (Phi) is 5.04. The van der Waals surface area contributed by atoms with Gasteiger partial charge in [0.1, 0.15) is 23.8 Å². The molecule has 2 amide bonds. The van der Waals surface area contributed by atoms with Gasteiger partial charge >= 0.3 is 6.09 Å². The van der Waals surface area contributed by atoms with E-state index in [0.29, 0.717) is 23.2 Å². The van der Waals surface area contributed by atoms with Crippen LogP contribution >= 0.6 is 0 Å². The quantitative estimate of drug-likeness (QED) is 0.354. The first-order valence-corrected chi connectivity index (χ1v) is 10.1. The summed E-state index contributed by atoms with van der Waals surface area (Å²) >= 11 is 0. The van der Waals surface area contributed by atoms with E-state index >= 15 is 0 Å². The zero-order valence-corrected chi connectivity index (χ0v) is 17.4. The molecule has 1 atom stereocenters. The minimum absolute atomic E-state index is 0.109. The SMILES string of the molecule is Nc1c(-c2ccc3c(c2)C(=O)NC3)c(C(Cc2cc(F)cc(F)c2)NC(=O)O)nc2ncnn12. The third kappa shape index (κ3) is 3.74. The molecule has 1 unspecified atom stereocenters. The van der Waals surface area contributed by atoms with Gasteiger partial charge in [0.05, 0.1) is 11.7 Å². The Morgan fingerprint density at radius 1 is 1.24 bits per heavy atom. The molecule has 0 spiro atoms. The molecule has 0 aliphatic carbocycles. The number of benzene rings is 2.